The van der Waals surface area contributed by atoms with Crippen molar-refractivity contribution in [1.29, 1.82) is 0 Å². The minimum Gasteiger partial charge on any atom is -0.467 e. The van der Waals surface area contributed by atoms with Crippen LogP contribution in [0.4, 0.5) is 0 Å². The van der Waals surface area contributed by atoms with Crippen LogP contribution in [0.25, 0.3) is 17.0 Å². The lowest BCUT2D eigenvalue weighted by Gasteiger charge is -2.15. The fourth-order valence-corrected chi connectivity index (χ4v) is 2.81. The second-order valence-electron chi connectivity index (χ2n) is 5.89. The molecule has 1 amide bonds. The van der Waals surface area contributed by atoms with Crippen LogP contribution >= 0.6 is 0 Å². The number of amides is 1. The second-order valence-corrected chi connectivity index (χ2v) is 5.89. The molecule has 1 aromatic heterocycles. The summed E-state index contributed by atoms with van der Waals surface area (Å²) in [6, 6.07) is 16.6. The topological polar surface area (TPSA) is 71.2 Å². The Bertz CT molecular complexity index is 929. The van der Waals surface area contributed by atoms with Crippen molar-refractivity contribution in [3.63, 3.8) is 0 Å². The molecule has 0 unspecified atom stereocenters. The number of rotatable bonds is 6. The van der Waals surface area contributed by atoms with Crippen LogP contribution in [0.15, 0.2) is 66.9 Å². The van der Waals surface area contributed by atoms with Crippen LogP contribution in [-0.4, -0.2) is 30.0 Å². The zero-order valence-corrected chi connectivity index (χ0v) is 14.4. The Morgan fingerprint density at radius 2 is 1.85 bits per heavy atom. The average molecular weight is 348 g/mol. The van der Waals surface area contributed by atoms with Gasteiger partial charge in [0.25, 0.3) is 0 Å². The Morgan fingerprint density at radius 3 is 2.62 bits per heavy atom. The number of ether oxygens (including phenoxy) is 1. The number of aromatic nitrogens is 1. The van der Waals surface area contributed by atoms with Crippen LogP contribution in [0.5, 0.6) is 0 Å². The molecule has 1 atom stereocenters. The number of para-hydroxylation sites is 1. The van der Waals surface area contributed by atoms with E-state index in [-0.39, 0.29) is 5.91 Å². The molecule has 0 saturated heterocycles. The van der Waals surface area contributed by atoms with E-state index in [9.17, 15) is 9.59 Å². The largest absolute Gasteiger partial charge is 0.467 e. The van der Waals surface area contributed by atoms with Gasteiger partial charge in [0.15, 0.2) is 0 Å². The molecule has 0 aliphatic rings. The van der Waals surface area contributed by atoms with Gasteiger partial charge in [0.2, 0.25) is 5.91 Å². The minimum atomic E-state index is -0.757. The molecule has 0 fully saturated rings. The summed E-state index contributed by atoms with van der Waals surface area (Å²) in [5.74, 6) is -0.819. The number of carbonyl (C=O) groups is 2. The van der Waals surface area contributed by atoms with Gasteiger partial charge >= 0.3 is 5.97 Å². The molecule has 26 heavy (non-hydrogen) atoms. The molecule has 0 aliphatic carbocycles. The van der Waals surface area contributed by atoms with Gasteiger partial charge in [-0.1, -0.05) is 48.5 Å². The fraction of sp³-hybridized carbons (Fsp3) is 0.143. The lowest BCUT2D eigenvalue weighted by atomic mass is 10.0. The zero-order valence-electron chi connectivity index (χ0n) is 14.4. The van der Waals surface area contributed by atoms with E-state index in [1.165, 1.54) is 13.2 Å². The average Bonchev–Trinajstić information content (AvgIpc) is 3.09. The maximum atomic E-state index is 12.2. The summed E-state index contributed by atoms with van der Waals surface area (Å²) in [6.07, 6.45) is 5.32. The van der Waals surface area contributed by atoms with Crippen molar-refractivity contribution in [2.45, 2.75) is 12.5 Å². The van der Waals surface area contributed by atoms with Crippen molar-refractivity contribution in [3.8, 4) is 0 Å². The van der Waals surface area contributed by atoms with Crippen molar-refractivity contribution in [3.05, 3.63) is 78.0 Å². The van der Waals surface area contributed by atoms with E-state index >= 15 is 0 Å². The quantitative estimate of drug-likeness (QED) is 0.531. The highest BCUT2D eigenvalue weighted by Crippen LogP contribution is 2.19. The fourth-order valence-electron chi connectivity index (χ4n) is 2.81. The van der Waals surface area contributed by atoms with E-state index in [1.54, 1.807) is 6.08 Å². The first kappa shape index (κ1) is 17.5. The van der Waals surface area contributed by atoms with Crippen LogP contribution in [0.3, 0.4) is 0 Å². The molecule has 5 nitrogen and oxygen atoms in total. The third-order valence-corrected chi connectivity index (χ3v) is 4.13. The van der Waals surface area contributed by atoms with Crippen molar-refractivity contribution in [2.24, 2.45) is 0 Å². The van der Waals surface area contributed by atoms with Crippen molar-refractivity contribution < 1.29 is 14.3 Å². The Hall–Kier alpha value is -3.34. The van der Waals surface area contributed by atoms with E-state index in [2.05, 4.69) is 10.3 Å². The molecular weight excluding hydrogens is 328 g/mol. The smallest absolute Gasteiger partial charge is 0.328 e. The standard InChI is InChI=1S/C21H20N2O3/c1-26-21(25)19(13-16-14-22-18-10-6-5-9-17(16)18)23-20(24)12-11-15-7-3-2-4-8-15/h2-12,14,19,22H,13H2,1H3,(H,23,24)/b12-11+/t19-/m0/s1. The number of methoxy groups -OCH3 is 1. The van der Waals surface area contributed by atoms with Crippen molar-refractivity contribution in [1.82, 2.24) is 10.3 Å². The van der Waals surface area contributed by atoms with E-state index < -0.39 is 12.0 Å². The number of carbonyl (C=O) groups excluding carboxylic acids is 2. The van der Waals surface area contributed by atoms with Crippen molar-refractivity contribution in [2.75, 3.05) is 7.11 Å². The SMILES string of the molecule is COC(=O)[C@H](Cc1c[nH]c2ccccc12)NC(=O)/C=C/c1ccccc1. The molecule has 2 aromatic carbocycles. The van der Waals surface area contributed by atoms with Gasteiger partial charge in [-0.3, -0.25) is 4.79 Å². The van der Waals surface area contributed by atoms with E-state index in [0.29, 0.717) is 6.42 Å². The van der Waals surface area contributed by atoms with E-state index in [0.717, 1.165) is 22.0 Å². The van der Waals surface area contributed by atoms with Gasteiger partial charge in [0, 0.05) is 29.6 Å². The lowest BCUT2D eigenvalue weighted by Crippen LogP contribution is -2.42. The highest BCUT2D eigenvalue weighted by atomic mass is 16.5. The number of H-pyrrole nitrogens is 1. The maximum absolute atomic E-state index is 12.2. The lowest BCUT2D eigenvalue weighted by molar-refractivity contribution is -0.144. The molecule has 0 spiro atoms. The van der Waals surface area contributed by atoms with Gasteiger partial charge in [-0.2, -0.15) is 0 Å². The molecule has 1 heterocycles. The first-order chi connectivity index (χ1) is 12.7. The van der Waals surface area contributed by atoms with Gasteiger partial charge in [-0.05, 0) is 23.3 Å². The molecule has 3 rings (SSSR count). The normalized spacial score (nSPS) is 12.2. The van der Waals surface area contributed by atoms with Gasteiger partial charge < -0.3 is 15.0 Å². The molecule has 0 bridgehead atoms. The Kier molecular flexibility index (Phi) is 5.49. The predicted molar refractivity (Wildman–Crippen MR) is 101 cm³/mol. The third kappa shape index (κ3) is 4.19. The summed E-state index contributed by atoms with van der Waals surface area (Å²) >= 11 is 0. The Balaban J connectivity index is 1.73. The molecule has 3 aromatic rings. The van der Waals surface area contributed by atoms with E-state index in [4.69, 9.17) is 4.74 Å². The Labute approximate surface area is 151 Å². The number of nitrogens with one attached hydrogen (secondary N) is 2. The highest BCUT2D eigenvalue weighted by molar-refractivity contribution is 5.95. The zero-order chi connectivity index (χ0) is 18.4. The highest BCUT2D eigenvalue weighted by Gasteiger charge is 2.22. The number of benzene rings is 2. The monoisotopic (exact) mass is 348 g/mol. The Morgan fingerprint density at radius 1 is 1.12 bits per heavy atom. The second kappa shape index (κ2) is 8.16. The van der Waals surface area contributed by atoms with E-state index in [1.807, 2.05) is 60.8 Å². The number of esters is 1. The first-order valence-electron chi connectivity index (χ1n) is 8.34. The molecular formula is C21H20N2O3. The molecule has 0 aliphatic heterocycles. The minimum absolute atomic E-state index is 0.343. The first-order valence-corrected chi connectivity index (χ1v) is 8.34. The summed E-state index contributed by atoms with van der Waals surface area (Å²) in [5, 5.41) is 3.75. The maximum Gasteiger partial charge on any atom is 0.328 e. The summed E-state index contributed by atoms with van der Waals surface area (Å²) in [5.41, 5.74) is 2.85. The summed E-state index contributed by atoms with van der Waals surface area (Å²) < 4.78 is 4.85. The molecule has 132 valence electrons. The molecule has 0 radical (unpaired) electrons. The van der Waals surface area contributed by atoms with Gasteiger partial charge in [-0.15, -0.1) is 0 Å². The third-order valence-electron chi connectivity index (χ3n) is 4.13. The molecule has 5 heteroatoms. The van der Waals surface area contributed by atoms with Crippen molar-refractivity contribution >= 4 is 28.9 Å². The van der Waals surface area contributed by atoms with Crippen LogP contribution in [-0.2, 0) is 20.7 Å². The van der Waals surface area contributed by atoms with Crippen LogP contribution in [0.1, 0.15) is 11.1 Å². The molecule has 0 saturated carbocycles. The van der Waals surface area contributed by atoms with Gasteiger partial charge in [0.05, 0.1) is 7.11 Å². The van der Waals surface area contributed by atoms with Gasteiger partial charge in [-0.25, -0.2) is 4.79 Å². The number of aromatic amines is 1. The number of hydrogen-bond donors (Lipinski definition) is 2. The summed E-state index contributed by atoms with van der Waals surface area (Å²) in [4.78, 5) is 27.5. The number of hydrogen-bond acceptors (Lipinski definition) is 3. The van der Waals surface area contributed by atoms with Gasteiger partial charge in [0.1, 0.15) is 6.04 Å². The summed E-state index contributed by atoms with van der Waals surface area (Å²) in [7, 11) is 1.32. The van der Waals surface area contributed by atoms with Crippen LogP contribution in [0, 0.1) is 0 Å². The van der Waals surface area contributed by atoms with Crippen LogP contribution < -0.4 is 5.32 Å². The number of fused-ring (bicyclic) bond motifs is 1. The van der Waals surface area contributed by atoms with Crippen LogP contribution in [0.2, 0.25) is 0 Å². The predicted octanol–water partition coefficient (Wildman–Crippen LogP) is 3.08. The molecule has 2 N–H and O–H groups in total. The summed E-state index contributed by atoms with van der Waals surface area (Å²) in [6.45, 7) is 0.